The van der Waals surface area contributed by atoms with Crippen LogP contribution >= 0.6 is 0 Å². The summed E-state index contributed by atoms with van der Waals surface area (Å²) in [6.45, 7) is 13.2. The summed E-state index contributed by atoms with van der Waals surface area (Å²) in [7, 11) is 0. The molecule has 0 radical (unpaired) electrons. The normalized spacial score (nSPS) is 31.4. The van der Waals surface area contributed by atoms with E-state index in [0.717, 1.165) is 29.8 Å². The fourth-order valence-electron chi connectivity index (χ4n) is 3.25. The third-order valence-corrected chi connectivity index (χ3v) is 4.06. The van der Waals surface area contributed by atoms with E-state index >= 15 is 0 Å². The summed E-state index contributed by atoms with van der Waals surface area (Å²) in [4.78, 5) is 2.78. The molecule has 2 nitrogen and oxygen atoms in total. The van der Waals surface area contributed by atoms with Crippen molar-refractivity contribution in [2.75, 3.05) is 19.6 Å². The van der Waals surface area contributed by atoms with Gasteiger partial charge < -0.3 is 5.32 Å². The number of hydrogen-bond donors (Lipinski definition) is 1. The average molecular weight is 238 g/mol. The minimum Gasteiger partial charge on any atom is -0.311 e. The third kappa shape index (κ3) is 3.96. The molecule has 0 aromatic rings. The molecule has 1 aliphatic heterocycles. The van der Waals surface area contributed by atoms with E-state index in [1.807, 2.05) is 0 Å². The van der Waals surface area contributed by atoms with Crippen LogP contribution in [0.2, 0.25) is 0 Å². The number of nitrogens with one attached hydrogen (secondary N) is 1. The Bertz CT molecular complexity index is 233. The molecule has 100 valence electrons. The molecule has 2 unspecified atom stereocenters. The molecule has 2 atom stereocenters. The maximum Gasteiger partial charge on any atom is 0.0249 e. The van der Waals surface area contributed by atoms with Crippen molar-refractivity contribution in [1.29, 1.82) is 0 Å². The molecule has 1 saturated carbocycles. The molecule has 0 spiro atoms. The van der Waals surface area contributed by atoms with Crippen molar-refractivity contribution in [3.63, 3.8) is 0 Å². The Morgan fingerprint density at radius 1 is 1.12 bits per heavy atom. The fourth-order valence-corrected chi connectivity index (χ4v) is 3.25. The van der Waals surface area contributed by atoms with Gasteiger partial charge in [0.1, 0.15) is 0 Å². The molecule has 0 amide bonds. The first kappa shape index (κ1) is 13.4. The monoisotopic (exact) mass is 238 g/mol. The molecule has 2 fully saturated rings. The Kier molecular flexibility index (Phi) is 4.48. The largest absolute Gasteiger partial charge is 0.311 e. The van der Waals surface area contributed by atoms with Gasteiger partial charge in [0.25, 0.3) is 0 Å². The lowest BCUT2D eigenvalue weighted by molar-refractivity contribution is 0.0951. The lowest BCUT2D eigenvalue weighted by Gasteiger charge is -2.42. The maximum atomic E-state index is 3.78. The zero-order valence-electron chi connectivity index (χ0n) is 12.1. The SMILES string of the molecule is CC(C)CC1CN(CC(C)C)C(C2CC2)CN1. The summed E-state index contributed by atoms with van der Waals surface area (Å²) in [5.41, 5.74) is 0. The van der Waals surface area contributed by atoms with Crippen molar-refractivity contribution in [2.24, 2.45) is 17.8 Å². The predicted molar refractivity (Wildman–Crippen MR) is 74.2 cm³/mol. The molecule has 2 aliphatic rings. The Labute approximate surface area is 107 Å². The highest BCUT2D eigenvalue weighted by atomic mass is 15.2. The third-order valence-electron chi connectivity index (χ3n) is 4.06. The van der Waals surface area contributed by atoms with Crippen LogP contribution in [0.1, 0.15) is 47.0 Å². The zero-order chi connectivity index (χ0) is 12.4. The van der Waals surface area contributed by atoms with Crippen LogP contribution in [0.25, 0.3) is 0 Å². The smallest absolute Gasteiger partial charge is 0.0249 e. The summed E-state index contributed by atoms with van der Waals surface area (Å²) >= 11 is 0. The molecule has 2 heteroatoms. The molecule has 0 bridgehead atoms. The number of hydrogen-bond acceptors (Lipinski definition) is 2. The van der Waals surface area contributed by atoms with Crippen LogP contribution in [-0.4, -0.2) is 36.6 Å². The second kappa shape index (κ2) is 5.71. The zero-order valence-corrected chi connectivity index (χ0v) is 12.1. The molecule has 2 rings (SSSR count). The van der Waals surface area contributed by atoms with Crippen LogP contribution in [0.15, 0.2) is 0 Å². The first-order valence-electron chi connectivity index (χ1n) is 7.53. The van der Waals surface area contributed by atoms with Gasteiger partial charge in [0.05, 0.1) is 0 Å². The summed E-state index contributed by atoms with van der Waals surface area (Å²) in [6.07, 6.45) is 4.26. The second-order valence-corrected chi connectivity index (χ2v) is 6.99. The van der Waals surface area contributed by atoms with E-state index in [-0.39, 0.29) is 0 Å². The van der Waals surface area contributed by atoms with Crippen LogP contribution in [-0.2, 0) is 0 Å². The number of rotatable bonds is 5. The van der Waals surface area contributed by atoms with Gasteiger partial charge in [-0.1, -0.05) is 27.7 Å². The molecule has 1 saturated heterocycles. The topological polar surface area (TPSA) is 15.3 Å². The highest BCUT2D eigenvalue weighted by Gasteiger charge is 2.38. The van der Waals surface area contributed by atoms with Crippen LogP contribution in [0.5, 0.6) is 0 Å². The predicted octanol–water partition coefficient (Wildman–Crippen LogP) is 2.74. The second-order valence-electron chi connectivity index (χ2n) is 6.99. The fraction of sp³-hybridized carbons (Fsp3) is 1.00. The Morgan fingerprint density at radius 2 is 1.82 bits per heavy atom. The van der Waals surface area contributed by atoms with Crippen LogP contribution in [0.4, 0.5) is 0 Å². The van der Waals surface area contributed by atoms with Crippen molar-refractivity contribution < 1.29 is 0 Å². The van der Waals surface area contributed by atoms with Crippen molar-refractivity contribution >= 4 is 0 Å². The van der Waals surface area contributed by atoms with Gasteiger partial charge in [-0.15, -0.1) is 0 Å². The Hall–Kier alpha value is -0.0800. The summed E-state index contributed by atoms with van der Waals surface area (Å²) < 4.78 is 0. The van der Waals surface area contributed by atoms with E-state index in [9.17, 15) is 0 Å². The number of piperazine rings is 1. The van der Waals surface area contributed by atoms with E-state index in [4.69, 9.17) is 0 Å². The highest BCUT2D eigenvalue weighted by molar-refractivity contribution is 4.95. The van der Waals surface area contributed by atoms with E-state index < -0.39 is 0 Å². The molecular weight excluding hydrogens is 208 g/mol. The highest BCUT2D eigenvalue weighted by Crippen LogP contribution is 2.36. The van der Waals surface area contributed by atoms with Crippen molar-refractivity contribution in [2.45, 2.75) is 59.0 Å². The van der Waals surface area contributed by atoms with Gasteiger partial charge in [0.2, 0.25) is 0 Å². The van der Waals surface area contributed by atoms with Crippen molar-refractivity contribution in [3.8, 4) is 0 Å². The molecular formula is C15H30N2. The Morgan fingerprint density at radius 3 is 2.35 bits per heavy atom. The van der Waals surface area contributed by atoms with Crippen LogP contribution in [0.3, 0.4) is 0 Å². The molecule has 17 heavy (non-hydrogen) atoms. The van der Waals surface area contributed by atoms with E-state index in [1.54, 1.807) is 0 Å². The van der Waals surface area contributed by atoms with Crippen LogP contribution in [0, 0.1) is 17.8 Å². The molecule has 1 aliphatic carbocycles. The minimum atomic E-state index is 0.726. The average Bonchev–Trinajstić information content (AvgIpc) is 2.99. The van der Waals surface area contributed by atoms with Gasteiger partial charge in [0.15, 0.2) is 0 Å². The van der Waals surface area contributed by atoms with Crippen molar-refractivity contribution in [3.05, 3.63) is 0 Å². The Balaban J connectivity index is 1.89. The summed E-state index contributed by atoms with van der Waals surface area (Å²) in [6, 6.07) is 1.56. The molecule has 1 heterocycles. The molecule has 0 aromatic heterocycles. The minimum absolute atomic E-state index is 0.726. The van der Waals surface area contributed by atoms with E-state index in [2.05, 4.69) is 37.9 Å². The molecule has 1 N–H and O–H groups in total. The quantitative estimate of drug-likeness (QED) is 0.792. The van der Waals surface area contributed by atoms with E-state index in [1.165, 1.54) is 38.9 Å². The van der Waals surface area contributed by atoms with Gasteiger partial charge in [-0.2, -0.15) is 0 Å². The van der Waals surface area contributed by atoms with Gasteiger partial charge in [-0.3, -0.25) is 4.90 Å². The number of nitrogens with zero attached hydrogens (tertiary/aromatic N) is 1. The first-order chi connectivity index (χ1) is 8.06. The van der Waals surface area contributed by atoms with Gasteiger partial charge in [0, 0.05) is 31.7 Å². The van der Waals surface area contributed by atoms with Gasteiger partial charge >= 0.3 is 0 Å². The first-order valence-corrected chi connectivity index (χ1v) is 7.53. The standard InChI is InChI=1S/C15H30N2/c1-11(2)7-14-10-17(9-12(3)4)15(8-16-14)13-5-6-13/h11-16H,5-10H2,1-4H3. The molecule has 0 aromatic carbocycles. The summed E-state index contributed by atoms with van der Waals surface area (Å²) in [5.74, 6) is 2.61. The van der Waals surface area contributed by atoms with Gasteiger partial charge in [-0.25, -0.2) is 0 Å². The van der Waals surface area contributed by atoms with Crippen LogP contribution < -0.4 is 5.32 Å². The van der Waals surface area contributed by atoms with Crippen molar-refractivity contribution in [1.82, 2.24) is 10.2 Å². The lowest BCUT2D eigenvalue weighted by Crippen LogP contribution is -2.58. The lowest BCUT2D eigenvalue weighted by atomic mass is 9.97. The summed E-state index contributed by atoms with van der Waals surface area (Å²) in [5, 5.41) is 3.78. The van der Waals surface area contributed by atoms with Gasteiger partial charge in [-0.05, 0) is 37.0 Å². The van der Waals surface area contributed by atoms with E-state index in [0.29, 0.717) is 0 Å². The maximum absolute atomic E-state index is 3.78.